The third-order valence-electron chi connectivity index (χ3n) is 15.4. The number of nitrogens with one attached hydrogen (secondary N) is 4. The third kappa shape index (κ3) is 13.4. The van der Waals surface area contributed by atoms with Gasteiger partial charge in [0.1, 0.15) is 41.2 Å². The lowest BCUT2D eigenvalue weighted by Crippen LogP contribution is -2.48. The predicted molar refractivity (Wildman–Crippen MR) is 321 cm³/mol. The average Bonchev–Trinajstić information content (AvgIpc) is 3.46. The SMILES string of the molecule is COc1ccc(C(NC(=O)[C@@H](CCCN=C(N)NS(=O)(=O)c2c(C)c(C)c3c(c2C)CC(C)(C)O3)NC(=O)OCC2c3ccccc3-c3ccccc32)c2ccc(OCC(=O)NC(c3ccc(C)cc3)c3ccc(C)cc3)cc2)c(OC)c1. The summed E-state index contributed by atoms with van der Waals surface area (Å²) in [5, 5.41) is 9.13. The molecule has 16 nitrogen and oxygen atoms in total. The number of guanidine groups is 1. The van der Waals surface area contributed by atoms with E-state index >= 15 is 0 Å². The number of rotatable bonds is 21. The van der Waals surface area contributed by atoms with E-state index in [4.69, 9.17) is 29.4 Å². The van der Waals surface area contributed by atoms with E-state index in [1.807, 2.05) is 132 Å². The Labute approximate surface area is 486 Å². The Morgan fingerprint density at radius 2 is 1.28 bits per heavy atom. The Morgan fingerprint density at radius 1 is 0.699 bits per heavy atom. The molecule has 17 heteroatoms. The van der Waals surface area contributed by atoms with Crippen LogP contribution in [0.1, 0.15) is 111 Å². The van der Waals surface area contributed by atoms with Crippen LogP contribution in [0.15, 0.2) is 149 Å². The first-order valence-corrected chi connectivity index (χ1v) is 29.2. The van der Waals surface area contributed by atoms with Crippen molar-refractivity contribution in [1.29, 1.82) is 0 Å². The number of methoxy groups -OCH3 is 2. The number of fused-ring (bicyclic) bond motifs is 4. The van der Waals surface area contributed by atoms with Gasteiger partial charge in [0, 0.05) is 36.1 Å². The van der Waals surface area contributed by atoms with E-state index in [9.17, 15) is 22.8 Å². The number of hydrogen-bond acceptors (Lipinski definition) is 11. The molecule has 2 atom stereocenters. The molecule has 0 fully saturated rings. The number of nitrogens with two attached hydrogens (primary N) is 1. The van der Waals surface area contributed by atoms with Gasteiger partial charge in [0.05, 0.1) is 31.2 Å². The van der Waals surface area contributed by atoms with Gasteiger partial charge in [-0.15, -0.1) is 0 Å². The number of ether oxygens (including phenoxy) is 5. The maximum atomic E-state index is 14.9. The van der Waals surface area contributed by atoms with Crippen LogP contribution in [0.3, 0.4) is 0 Å². The lowest BCUT2D eigenvalue weighted by molar-refractivity contribution is -0.124. The van der Waals surface area contributed by atoms with Gasteiger partial charge in [-0.1, -0.05) is 120 Å². The Bertz CT molecular complexity index is 3590. The molecule has 0 aromatic heterocycles. The Hall–Kier alpha value is -8.83. The highest BCUT2D eigenvalue weighted by atomic mass is 32.2. The highest BCUT2D eigenvalue weighted by molar-refractivity contribution is 7.90. The van der Waals surface area contributed by atoms with E-state index in [1.54, 1.807) is 56.3 Å². The highest BCUT2D eigenvalue weighted by Gasteiger charge is 2.37. The fourth-order valence-electron chi connectivity index (χ4n) is 11.0. The highest BCUT2D eigenvalue weighted by Crippen LogP contribution is 2.46. The molecule has 0 saturated heterocycles. The van der Waals surface area contributed by atoms with Crippen LogP contribution in [-0.2, 0) is 30.8 Å². The minimum atomic E-state index is -4.19. The van der Waals surface area contributed by atoms with Crippen LogP contribution < -0.4 is 45.4 Å². The van der Waals surface area contributed by atoms with Gasteiger partial charge in [-0.3, -0.25) is 14.6 Å². The van der Waals surface area contributed by atoms with Crippen molar-refractivity contribution in [2.45, 2.75) is 102 Å². The Balaban J connectivity index is 0.936. The van der Waals surface area contributed by atoms with Crippen LogP contribution in [0.25, 0.3) is 11.1 Å². The van der Waals surface area contributed by atoms with Gasteiger partial charge in [-0.25, -0.2) is 17.9 Å². The summed E-state index contributed by atoms with van der Waals surface area (Å²) in [5.41, 5.74) is 17.9. The summed E-state index contributed by atoms with van der Waals surface area (Å²) in [5.74, 6) is 0.567. The number of amides is 3. The van der Waals surface area contributed by atoms with Crippen LogP contribution in [0.5, 0.6) is 23.0 Å². The number of carbonyl (C=O) groups is 3. The van der Waals surface area contributed by atoms with Crippen LogP contribution >= 0.6 is 0 Å². The summed E-state index contributed by atoms with van der Waals surface area (Å²) in [6.07, 6.45) is -0.0589. The molecule has 0 radical (unpaired) electrons. The predicted octanol–water partition coefficient (Wildman–Crippen LogP) is 10.4. The molecule has 7 aromatic rings. The second-order valence-corrected chi connectivity index (χ2v) is 23.4. The van der Waals surface area contributed by atoms with E-state index in [2.05, 4.69) is 25.7 Å². The molecule has 432 valence electrons. The van der Waals surface area contributed by atoms with Gasteiger partial charge >= 0.3 is 6.09 Å². The first kappa shape index (κ1) is 58.8. The zero-order valence-electron chi connectivity index (χ0n) is 48.3. The second-order valence-electron chi connectivity index (χ2n) is 21.8. The summed E-state index contributed by atoms with van der Waals surface area (Å²) in [6, 6.07) is 41.8. The van der Waals surface area contributed by atoms with E-state index in [0.717, 1.165) is 55.6 Å². The molecular formula is C66H72N6O10S. The van der Waals surface area contributed by atoms with Crippen molar-refractivity contribution < 1.29 is 46.5 Å². The number of aryl methyl sites for hydroxylation is 2. The lowest BCUT2D eigenvalue weighted by atomic mass is 9.94. The monoisotopic (exact) mass is 1140 g/mol. The minimum absolute atomic E-state index is 0.00444. The number of nitrogens with zero attached hydrogens (tertiary/aromatic N) is 1. The first-order valence-electron chi connectivity index (χ1n) is 27.7. The molecule has 1 aliphatic carbocycles. The average molecular weight is 1140 g/mol. The van der Waals surface area contributed by atoms with E-state index in [0.29, 0.717) is 51.7 Å². The van der Waals surface area contributed by atoms with Crippen molar-refractivity contribution in [2.75, 3.05) is 34.0 Å². The van der Waals surface area contributed by atoms with E-state index in [1.165, 1.54) is 14.2 Å². The molecule has 0 saturated carbocycles. The van der Waals surface area contributed by atoms with Gasteiger partial charge in [-0.2, -0.15) is 0 Å². The zero-order chi connectivity index (χ0) is 59.2. The molecule has 83 heavy (non-hydrogen) atoms. The molecule has 0 spiro atoms. The number of hydrogen-bond donors (Lipinski definition) is 5. The quantitative estimate of drug-likeness (QED) is 0.0259. The summed E-state index contributed by atoms with van der Waals surface area (Å²) in [4.78, 5) is 47.0. The van der Waals surface area contributed by atoms with Gasteiger partial charge in [0.2, 0.25) is 11.9 Å². The zero-order valence-corrected chi connectivity index (χ0v) is 49.2. The number of sulfonamides is 1. The van der Waals surface area contributed by atoms with Crippen molar-refractivity contribution >= 4 is 33.9 Å². The molecule has 0 bridgehead atoms. The first-order chi connectivity index (χ1) is 39.7. The van der Waals surface area contributed by atoms with Gasteiger partial charge in [0.25, 0.3) is 15.9 Å². The smallest absolute Gasteiger partial charge is 0.407 e. The molecule has 6 N–H and O–H groups in total. The van der Waals surface area contributed by atoms with Gasteiger partial charge < -0.3 is 45.4 Å². The largest absolute Gasteiger partial charge is 0.497 e. The van der Waals surface area contributed by atoms with Crippen molar-refractivity contribution in [3.8, 4) is 34.1 Å². The Morgan fingerprint density at radius 3 is 1.88 bits per heavy atom. The van der Waals surface area contributed by atoms with Crippen LogP contribution in [0.2, 0.25) is 0 Å². The maximum absolute atomic E-state index is 14.9. The van der Waals surface area contributed by atoms with Crippen molar-refractivity contribution in [3.05, 3.63) is 206 Å². The molecule has 1 aliphatic heterocycles. The molecule has 1 unspecified atom stereocenters. The molecule has 7 aromatic carbocycles. The fourth-order valence-corrected chi connectivity index (χ4v) is 12.6. The number of aliphatic imine (C=N–C) groups is 1. The molecule has 1 heterocycles. The van der Waals surface area contributed by atoms with Crippen molar-refractivity contribution in [2.24, 2.45) is 10.7 Å². The fraction of sp³-hybridized carbons (Fsp3) is 0.303. The van der Waals surface area contributed by atoms with Crippen LogP contribution in [0, 0.1) is 34.6 Å². The van der Waals surface area contributed by atoms with Crippen LogP contribution in [0.4, 0.5) is 4.79 Å². The van der Waals surface area contributed by atoms with E-state index in [-0.39, 0.29) is 55.3 Å². The lowest BCUT2D eigenvalue weighted by Gasteiger charge is -2.26. The van der Waals surface area contributed by atoms with Crippen molar-refractivity contribution in [3.63, 3.8) is 0 Å². The molecule has 9 rings (SSSR count). The van der Waals surface area contributed by atoms with Gasteiger partial charge in [-0.05, 0) is 141 Å². The minimum Gasteiger partial charge on any atom is -0.497 e. The maximum Gasteiger partial charge on any atom is 0.407 e. The number of alkyl carbamates (subject to hydrolysis) is 1. The van der Waals surface area contributed by atoms with Gasteiger partial charge in [0.15, 0.2) is 6.61 Å². The molecular weight excluding hydrogens is 1070 g/mol. The number of carbonyl (C=O) groups excluding carboxylic acids is 3. The summed E-state index contributed by atoms with van der Waals surface area (Å²) in [7, 11) is -1.14. The summed E-state index contributed by atoms with van der Waals surface area (Å²) in [6.45, 7) is 13.0. The molecule has 2 aliphatic rings. The van der Waals surface area contributed by atoms with Crippen LogP contribution in [-0.4, -0.2) is 77.9 Å². The standard InChI is InChI=1S/C66H72N6O10S/c1-39-20-24-44(25-21-39)59(45-26-22-40(2)23-27-45)70-58(73)38-80-47-30-28-46(29-31-47)60(53-33-32-48(78-8)35-57(53)79-9)71-63(74)56(69-65(75)81-37-55-51-17-12-10-15-49(51)50-16-11-13-18-52(50)55)19-14-34-68-64(67)72-83(76,77)62-42(4)41(3)61-54(43(62)5)36-66(6,7)82-61/h10-13,15-18,20-33,35,55-56,59-60H,14,19,34,36-38H2,1-9H3,(H,69,75)(H,70,73)(H,71,74)(H3,67,68,72)/t56-,60?/m1/s1. The summed E-state index contributed by atoms with van der Waals surface area (Å²) >= 11 is 0. The topological polar surface area (TPSA) is 218 Å². The summed E-state index contributed by atoms with van der Waals surface area (Å²) < 4.78 is 60.1. The number of benzene rings is 7. The third-order valence-corrected chi connectivity index (χ3v) is 17.1. The Kier molecular flexibility index (Phi) is 17.8. The van der Waals surface area contributed by atoms with E-state index < -0.39 is 45.8 Å². The normalized spacial score (nSPS) is 14.1. The second kappa shape index (κ2) is 25.1. The van der Waals surface area contributed by atoms with Crippen molar-refractivity contribution in [1.82, 2.24) is 20.7 Å². The molecule has 3 amide bonds.